The Kier molecular flexibility index (Phi) is 4.95. The molecule has 1 fully saturated rings. The van der Waals surface area contributed by atoms with Gasteiger partial charge in [-0.1, -0.05) is 18.6 Å². The van der Waals surface area contributed by atoms with Gasteiger partial charge in [0.15, 0.2) is 0 Å². The number of aryl methyl sites for hydroxylation is 1. The normalized spacial score (nSPS) is 24.7. The summed E-state index contributed by atoms with van der Waals surface area (Å²) in [6.07, 6.45) is 3.55. The molecule has 0 radical (unpaired) electrons. The van der Waals surface area contributed by atoms with Gasteiger partial charge in [-0.15, -0.1) is 0 Å². The van der Waals surface area contributed by atoms with E-state index in [4.69, 9.17) is 10.5 Å². The summed E-state index contributed by atoms with van der Waals surface area (Å²) in [7, 11) is 1.72. The Labute approximate surface area is 129 Å². The van der Waals surface area contributed by atoms with Gasteiger partial charge in [-0.3, -0.25) is 4.90 Å². The number of methoxy groups -OCH3 is 1. The first-order valence-electron chi connectivity index (χ1n) is 8.01. The number of hydrogen-bond acceptors (Lipinski definition) is 3. The summed E-state index contributed by atoms with van der Waals surface area (Å²) in [5.74, 6) is 0.947. The number of likely N-dealkylation sites (tertiary alicyclic amines) is 1. The third kappa shape index (κ3) is 3.58. The van der Waals surface area contributed by atoms with Gasteiger partial charge in [0.1, 0.15) is 5.75 Å². The summed E-state index contributed by atoms with van der Waals surface area (Å²) >= 11 is 0. The highest BCUT2D eigenvalue weighted by atomic mass is 16.5. The first-order chi connectivity index (χ1) is 9.84. The molecule has 1 heterocycles. The predicted octanol–water partition coefficient (Wildman–Crippen LogP) is 3.66. The molecule has 1 aromatic rings. The maximum absolute atomic E-state index is 6.55. The molecule has 0 spiro atoms. The van der Waals surface area contributed by atoms with E-state index in [1.54, 1.807) is 7.11 Å². The Morgan fingerprint density at radius 2 is 1.95 bits per heavy atom. The molecule has 2 N–H and O–H groups in total. The highest BCUT2D eigenvalue weighted by Gasteiger charge is 2.35. The Hall–Kier alpha value is -1.06. The zero-order valence-electron chi connectivity index (χ0n) is 14.1. The van der Waals surface area contributed by atoms with Crippen LogP contribution in [0.2, 0.25) is 0 Å². The number of nitrogens with two attached hydrogens (primary N) is 1. The Balaban J connectivity index is 2.41. The molecule has 3 heteroatoms. The largest absolute Gasteiger partial charge is 0.496 e. The molecule has 3 nitrogen and oxygen atoms in total. The van der Waals surface area contributed by atoms with Crippen LogP contribution in [0.3, 0.4) is 0 Å². The summed E-state index contributed by atoms with van der Waals surface area (Å²) < 4.78 is 5.39. The Morgan fingerprint density at radius 3 is 2.52 bits per heavy atom. The standard InChI is InChI=1S/C18H30N2O/c1-13-12-14(9-10-16(13)21-5)17-15(19)8-6-7-11-20(17)18(2,3)4/h9-10,12,15,17H,6-8,11,19H2,1-5H3. The molecule has 0 amide bonds. The molecule has 2 atom stereocenters. The first-order valence-corrected chi connectivity index (χ1v) is 8.01. The zero-order valence-corrected chi connectivity index (χ0v) is 14.1. The van der Waals surface area contributed by atoms with Crippen LogP contribution in [0.15, 0.2) is 18.2 Å². The smallest absolute Gasteiger partial charge is 0.121 e. The van der Waals surface area contributed by atoms with Crippen molar-refractivity contribution in [2.24, 2.45) is 5.73 Å². The minimum atomic E-state index is 0.125. The van der Waals surface area contributed by atoms with Gasteiger partial charge < -0.3 is 10.5 Å². The molecule has 0 saturated carbocycles. The summed E-state index contributed by atoms with van der Waals surface area (Å²) in [6.45, 7) is 10.1. The van der Waals surface area contributed by atoms with Crippen LogP contribution >= 0.6 is 0 Å². The molecule has 1 aromatic carbocycles. The average Bonchev–Trinajstić information content (AvgIpc) is 2.60. The van der Waals surface area contributed by atoms with Crippen molar-refractivity contribution in [2.75, 3.05) is 13.7 Å². The van der Waals surface area contributed by atoms with E-state index >= 15 is 0 Å². The van der Waals surface area contributed by atoms with Crippen molar-refractivity contribution in [3.05, 3.63) is 29.3 Å². The van der Waals surface area contributed by atoms with Gasteiger partial charge in [0.25, 0.3) is 0 Å². The lowest BCUT2D eigenvalue weighted by Gasteiger charge is -2.43. The van der Waals surface area contributed by atoms with Crippen molar-refractivity contribution >= 4 is 0 Å². The molecule has 0 aliphatic carbocycles. The summed E-state index contributed by atoms with van der Waals surface area (Å²) in [5, 5.41) is 0. The van der Waals surface area contributed by atoms with Crippen LogP contribution in [0.5, 0.6) is 5.75 Å². The average molecular weight is 290 g/mol. The third-order valence-corrected chi connectivity index (χ3v) is 4.55. The van der Waals surface area contributed by atoms with Crippen LogP contribution in [0.4, 0.5) is 0 Å². The van der Waals surface area contributed by atoms with E-state index in [0.29, 0.717) is 0 Å². The van der Waals surface area contributed by atoms with E-state index in [1.165, 1.54) is 24.0 Å². The quantitative estimate of drug-likeness (QED) is 0.903. The molecule has 0 aromatic heterocycles. The molecule has 2 unspecified atom stereocenters. The van der Waals surface area contributed by atoms with Crippen molar-refractivity contribution in [1.29, 1.82) is 0 Å². The molecule has 118 valence electrons. The van der Waals surface area contributed by atoms with E-state index in [-0.39, 0.29) is 17.6 Å². The van der Waals surface area contributed by atoms with Gasteiger partial charge in [-0.2, -0.15) is 0 Å². The maximum Gasteiger partial charge on any atom is 0.121 e. The maximum atomic E-state index is 6.55. The number of ether oxygens (including phenoxy) is 1. The molecule has 1 saturated heterocycles. The van der Waals surface area contributed by atoms with Crippen molar-refractivity contribution in [3.63, 3.8) is 0 Å². The second-order valence-corrected chi connectivity index (χ2v) is 7.20. The molecule has 1 aliphatic heterocycles. The topological polar surface area (TPSA) is 38.5 Å². The van der Waals surface area contributed by atoms with Crippen LogP contribution in [-0.2, 0) is 0 Å². The number of benzene rings is 1. The van der Waals surface area contributed by atoms with Crippen molar-refractivity contribution in [3.8, 4) is 5.75 Å². The molecule has 21 heavy (non-hydrogen) atoms. The second-order valence-electron chi connectivity index (χ2n) is 7.20. The fourth-order valence-corrected chi connectivity index (χ4v) is 3.46. The van der Waals surface area contributed by atoms with Gasteiger partial charge in [-0.25, -0.2) is 0 Å². The third-order valence-electron chi connectivity index (χ3n) is 4.55. The van der Waals surface area contributed by atoms with E-state index in [0.717, 1.165) is 18.7 Å². The zero-order chi connectivity index (χ0) is 15.6. The van der Waals surface area contributed by atoms with Crippen LogP contribution in [0.1, 0.15) is 57.2 Å². The van der Waals surface area contributed by atoms with Gasteiger partial charge in [0.05, 0.1) is 13.2 Å². The van der Waals surface area contributed by atoms with Crippen LogP contribution in [0.25, 0.3) is 0 Å². The minimum absolute atomic E-state index is 0.125. The van der Waals surface area contributed by atoms with Crippen molar-refractivity contribution in [2.45, 2.75) is 64.6 Å². The van der Waals surface area contributed by atoms with Crippen LogP contribution < -0.4 is 10.5 Å². The molecule has 0 bridgehead atoms. The van der Waals surface area contributed by atoms with Crippen LogP contribution in [-0.4, -0.2) is 30.1 Å². The van der Waals surface area contributed by atoms with Gasteiger partial charge in [-0.05, 0) is 64.3 Å². The highest BCUT2D eigenvalue weighted by molar-refractivity contribution is 5.38. The summed E-state index contributed by atoms with van der Waals surface area (Å²) in [6, 6.07) is 6.98. The molecule has 1 aliphatic rings. The molecular weight excluding hydrogens is 260 g/mol. The van der Waals surface area contributed by atoms with E-state index in [1.807, 2.05) is 0 Å². The highest BCUT2D eigenvalue weighted by Crippen LogP contribution is 2.36. The number of rotatable bonds is 2. The molecule has 2 rings (SSSR count). The van der Waals surface area contributed by atoms with Crippen molar-refractivity contribution in [1.82, 2.24) is 4.90 Å². The van der Waals surface area contributed by atoms with Gasteiger partial charge in [0.2, 0.25) is 0 Å². The summed E-state index contributed by atoms with van der Waals surface area (Å²) in [5.41, 5.74) is 9.17. The monoisotopic (exact) mass is 290 g/mol. The van der Waals surface area contributed by atoms with Crippen LogP contribution in [0, 0.1) is 6.92 Å². The Bertz CT molecular complexity index is 479. The fraction of sp³-hybridized carbons (Fsp3) is 0.667. The molecular formula is C18H30N2O. The second kappa shape index (κ2) is 6.37. The first kappa shape index (κ1) is 16.3. The number of hydrogen-bond donors (Lipinski definition) is 1. The lowest BCUT2D eigenvalue weighted by Crippen LogP contribution is -2.49. The summed E-state index contributed by atoms with van der Waals surface area (Å²) in [4.78, 5) is 2.58. The van der Waals surface area contributed by atoms with Gasteiger partial charge in [0, 0.05) is 11.6 Å². The van der Waals surface area contributed by atoms with Gasteiger partial charge >= 0.3 is 0 Å². The minimum Gasteiger partial charge on any atom is -0.496 e. The van der Waals surface area contributed by atoms with E-state index in [2.05, 4.69) is 50.8 Å². The van der Waals surface area contributed by atoms with E-state index in [9.17, 15) is 0 Å². The Morgan fingerprint density at radius 1 is 1.24 bits per heavy atom. The SMILES string of the molecule is COc1ccc(C2C(N)CCCCN2C(C)(C)C)cc1C. The lowest BCUT2D eigenvalue weighted by molar-refractivity contribution is 0.0755. The predicted molar refractivity (Wildman–Crippen MR) is 88.8 cm³/mol. The lowest BCUT2D eigenvalue weighted by atomic mass is 9.91. The van der Waals surface area contributed by atoms with Crippen molar-refractivity contribution < 1.29 is 4.74 Å². The van der Waals surface area contributed by atoms with E-state index < -0.39 is 0 Å². The number of nitrogens with zero attached hydrogens (tertiary/aromatic N) is 1. The fourth-order valence-electron chi connectivity index (χ4n) is 3.46.